The van der Waals surface area contributed by atoms with E-state index in [1.807, 2.05) is 0 Å². The summed E-state index contributed by atoms with van der Waals surface area (Å²) in [7, 11) is 1.57. The monoisotopic (exact) mass is 197 g/mol. The Bertz CT molecular complexity index is 391. The van der Waals surface area contributed by atoms with Crippen LogP contribution in [0, 0.1) is 20.2 Å². The van der Waals surface area contributed by atoms with Gasteiger partial charge in [0.1, 0.15) is 0 Å². The van der Waals surface area contributed by atoms with Crippen molar-refractivity contribution in [3.63, 3.8) is 0 Å². The van der Waals surface area contributed by atoms with Gasteiger partial charge in [-0.25, -0.2) is 0 Å². The van der Waals surface area contributed by atoms with Gasteiger partial charge in [0.2, 0.25) is 0 Å². The molecular formula is C7H7N3O4. The molecule has 0 unspecified atom stereocenters. The third-order valence-corrected chi connectivity index (χ3v) is 1.66. The molecule has 0 bridgehead atoms. The summed E-state index contributed by atoms with van der Waals surface area (Å²) in [4.78, 5) is 19.3. The summed E-state index contributed by atoms with van der Waals surface area (Å²) < 4.78 is 0. The summed E-state index contributed by atoms with van der Waals surface area (Å²) in [6.45, 7) is 0. The molecule has 0 aromatic heterocycles. The van der Waals surface area contributed by atoms with E-state index in [0.29, 0.717) is 5.69 Å². The van der Waals surface area contributed by atoms with E-state index in [1.165, 1.54) is 6.07 Å². The van der Waals surface area contributed by atoms with Gasteiger partial charge >= 0.3 is 11.4 Å². The number of nitrogens with one attached hydrogen (secondary N) is 1. The zero-order valence-corrected chi connectivity index (χ0v) is 7.26. The fourth-order valence-electron chi connectivity index (χ4n) is 0.980. The van der Waals surface area contributed by atoms with Crippen molar-refractivity contribution in [3.05, 3.63) is 38.4 Å². The van der Waals surface area contributed by atoms with Gasteiger partial charge in [0.15, 0.2) is 0 Å². The number of rotatable bonds is 3. The molecule has 0 aliphatic heterocycles. The van der Waals surface area contributed by atoms with Crippen LogP contribution in [0.3, 0.4) is 0 Å². The normalized spacial score (nSPS) is 9.50. The van der Waals surface area contributed by atoms with Crippen molar-refractivity contribution in [2.45, 2.75) is 0 Å². The molecule has 1 rings (SSSR count). The highest BCUT2D eigenvalue weighted by molar-refractivity contribution is 5.61. The fraction of sp³-hybridized carbons (Fsp3) is 0.143. The van der Waals surface area contributed by atoms with E-state index in [4.69, 9.17) is 0 Å². The third kappa shape index (κ3) is 1.76. The standard InChI is InChI=1S/C7H7N3O4/c1-8-5-2-3-6(9(11)12)7(4-5)10(13)14/h2-4,8H,1H3. The molecule has 74 valence electrons. The van der Waals surface area contributed by atoms with Gasteiger partial charge in [-0.3, -0.25) is 20.2 Å². The highest BCUT2D eigenvalue weighted by atomic mass is 16.6. The van der Waals surface area contributed by atoms with Gasteiger partial charge in [-0.05, 0) is 6.07 Å². The average molecular weight is 197 g/mol. The predicted molar refractivity (Wildman–Crippen MR) is 49.3 cm³/mol. The van der Waals surface area contributed by atoms with Gasteiger partial charge in [-0.1, -0.05) is 0 Å². The van der Waals surface area contributed by atoms with Crippen molar-refractivity contribution in [1.29, 1.82) is 0 Å². The Labute approximate surface area is 78.7 Å². The average Bonchev–Trinajstić information content (AvgIpc) is 2.16. The molecule has 0 aliphatic rings. The largest absolute Gasteiger partial charge is 0.388 e. The molecule has 1 aromatic rings. The number of anilines is 1. The van der Waals surface area contributed by atoms with E-state index < -0.39 is 21.2 Å². The highest BCUT2D eigenvalue weighted by Crippen LogP contribution is 2.29. The second-order valence-electron chi connectivity index (χ2n) is 2.47. The van der Waals surface area contributed by atoms with E-state index >= 15 is 0 Å². The molecule has 0 radical (unpaired) electrons. The molecule has 0 spiro atoms. The smallest absolute Gasteiger partial charge is 0.348 e. The van der Waals surface area contributed by atoms with Crippen LogP contribution in [-0.2, 0) is 0 Å². The molecule has 0 amide bonds. The first-order chi connectivity index (χ1) is 6.56. The van der Waals surface area contributed by atoms with Gasteiger partial charge in [-0.2, -0.15) is 0 Å². The van der Waals surface area contributed by atoms with Gasteiger partial charge in [0.05, 0.1) is 9.85 Å². The molecule has 14 heavy (non-hydrogen) atoms. The summed E-state index contributed by atoms with van der Waals surface area (Å²) in [6.07, 6.45) is 0. The number of benzene rings is 1. The molecule has 1 aromatic carbocycles. The zero-order chi connectivity index (χ0) is 10.7. The lowest BCUT2D eigenvalue weighted by molar-refractivity contribution is -0.422. The Hall–Kier alpha value is -2.18. The molecular weight excluding hydrogens is 190 g/mol. The summed E-state index contributed by atoms with van der Waals surface area (Å²) in [5, 5.41) is 23.5. The first kappa shape index (κ1) is 9.90. The highest BCUT2D eigenvalue weighted by Gasteiger charge is 2.23. The summed E-state index contributed by atoms with van der Waals surface area (Å²) in [5.74, 6) is 0. The van der Waals surface area contributed by atoms with E-state index in [2.05, 4.69) is 5.32 Å². The lowest BCUT2D eigenvalue weighted by Crippen LogP contribution is -1.98. The van der Waals surface area contributed by atoms with Crippen LogP contribution in [0.1, 0.15) is 0 Å². The maximum atomic E-state index is 10.5. The zero-order valence-electron chi connectivity index (χ0n) is 7.26. The minimum absolute atomic E-state index is 0.460. The molecule has 0 atom stereocenters. The maximum Gasteiger partial charge on any atom is 0.348 e. The Morgan fingerprint density at radius 2 is 1.71 bits per heavy atom. The molecule has 0 fully saturated rings. The van der Waals surface area contributed by atoms with Crippen molar-refractivity contribution in [2.24, 2.45) is 0 Å². The first-order valence-electron chi connectivity index (χ1n) is 3.67. The van der Waals surface area contributed by atoms with Crippen LogP contribution >= 0.6 is 0 Å². The second kappa shape index (κ2) is 3.69. The quantitative estimate of drug-likeness (QED) is 0.585. The first-order valence-corrected chi connectivity index (χ1v) is 3.67. The number of hydrogen-bond acceptors (Lipinski definition) is 5. The predicted octanol–water partition coefficient (Wildman–Crippen LogP) is 1.54. The van der Waals surface area contributed by atoms with Crippen molar-refractivity contribution >= 4 is 17.1 Å². The van der Waals surface area contributed by atoms with Gasteiger partial charge in [0.25, 0.3) is 0 Å². The summed E-state index contributed by atoms with van der Waals surface area (Å²) in [6, 6.07) is 3.63. The molecule has 0 aliphatic carbocycles. The summed E-state index contributed by atoms with van der Waals surface area (Å²) in [5.41, 5.74) is -0.557. The van der Waals surface area contributed by atoms with E-state index in [-0.39, 0.29) is 0 Å². The fourth-order valence-corrected chi connectivity index (χ4v) is 0.980. The number of hydrogen-bond donors (Lipinski definition) is 1. The van der Waals surface area contributed by atoms with Gasteiger partial charge in [0, 0.05) is 24.9 Å². The van der Waals surface area contributed by atoms with Crippen molar-refractivity contribution in [3.8, 4) is 0 Å². The third-order valence-electron chi connectivity index (χ3n) is 1.66. The maximum absolute atomic E-state index is 10.5. The molecule has 7 heteroatoms. The van der Waals surface area contributed by atoms with Crippen LogP contribution in [0.25, 0.3) is 0 Å². The van der Waals surface area contributed by atoms with Crippen LogP contribution < -0.4 is 5.32 Å². The van der Waals surface area contributed by atoms with Crippen LogP contribution in [0.5, 0.6) is 0 Å². The molecule has 0 saturated heterocycles. The van der Waals surface area contributed by atoms with E-state index in [0.717, 1.165) is 12.1 Å². The minimum Gasteiger partial charge on any atom is -0.388 e. The molecule has 0 saturated carbocycles. The molecule has 7 nitrogen and oxygen atoms in total. The summed E-state index contributed by atoms with van der Waals surface area (Å²) >= 11 is 0. The van der Waals surface area contributed by atoms with Crippen LogP contribution in [0.15, 0.2) is 18.2 Å². The number of nitro benzene ring substituents is 2. The SMILES string of the molecule is CNc1ccc([N+](=O)[O-])c([N+](=O)[O-])c1. The Morgan fingerprint density at radius 3 is 2.14 bits per heavy atom. The number of nitro groups is 2. The van der Waals surface area contributed by atoms with E-state index in [1.54, 1.807) is 7.05 Å². The van der Waals surface area contributed by atoms with Gasteiger partial charge < -0.3 is 5.32 Å². The minimum atomic E-state index is -0.780. The van der Waals surface area contributed by atoms with E-state index in [9.17, 15) is 20.2 Å². The molecule has 1 N–H and O–H groups in total. The van der Waals surface area contributed by atoms with Crippen molar-refractivity contribution in [1.82, 2.24) is 0 Å². The Balaban J connectivity index is 3.31. The Morgan fingerprint density at radius 1 is 1.14 bits per heavy atom. The van der Waals surface area contributed by atoms with Gasteiger partial charge in [-0.15, -0.1) is 0 Å². The van der Waals surface area contributed by atoms with Crippen molar-refractivity contribution in [2.75, 3.05) is 12.4 Å². The second-order valence-corrected chi connectivity index (χ2v) is 2.47. The topological polar surface area (TPSA) is 98.3 Å². The Kier molecular flexibility index (Phi) is 2.61. The lowest BCUT2D eigenvalue weighted by atomic mass is 10.2. The van der Waals surface area contributed by atoms with Crippen molar-refractivity contribution < 1.29 is 9.85 Å². The van der Waals surface area contributed by atoms with Crippen LogP contribution in [0.2, 0.25) is 0 Å². The van der Waals surface area contributed by atoms with Crippen LogP contribution in [-0.4, -0.2) is 16.9 Å². The van der Waals surface area contributed by atoms with Crippen LogP contribution in [0.4, 0.5) is 17.1 Å². The lowest BCUT2D eigenvalue weighted by Gasteiger charge is -1.99. The number of nitrogens with zero attached hydrogens (tertiary/aromatic N) is 2. The molecule has 0 heterocycles.